The highest BCUT2D eigenvalue weighted by Crippen LogP contribution is 2.36. The van der Waals surface area contributed by atoms with Gasteiger partial charge in [0.25, 0.3) is 0 Å². The van der Waals surface area contributed by atoms with Crippen molar-refractivity contribution in [2.75, 3.05) is 20.2 Å². The fourth-order valence-electron chi connectivity index (χ4n) is 1.33. The molecule has 1 N–H and O–H groups in total. The van der Waals surface area contributed by atoms with E-state index in [4.69, 9.17) is 4.74 Å². The number of methoxy groups -OCH3 is 1. The average Bonchev–Trinajstić information content (AvgIpc) is 1.58. The maximum atomic E-state index is 5.48. The molecule has 0 bridgehead atoms. The van der Waals surface area contributed by atoms with E-state index in [1.807, 2.05) is 0 Å². The van der Waals surface area contributed by atoms with Crippen molar-refractivity contribution >= 4 is 0 Å². The van der Waals surface area contributed by atoms with Crippen molar-refractivity contribution in [3.05, 3.63) is 0 Å². The Labute approximate surface area is 63.0 Å². The van der Waals surface area contributed by atoms with Crippen LogP contribution in [0.15, 0.2) is 0 Å². The van der Waals surface area contributed by atoms with Crippen LogP contribution in [0.2, 0.25) is 0 Å². The standard InChI is InChI=1S/C8H17NO/c1-7(2,3)8(10-4)5-9-6-8/h9H,5-6H2,1-4H3. The maximum absolute atomic E-state index is 5.48. The molecule has 60 valence electrons. The van der Waals surface area contributed by atoms with Crippen molar-refractivity contribution < 1.29 is 4.74 Å². The lowest BCUT2D eigenvalue weighted by Gasteiger charge is -2.50. The number of rotatable bonds is 1. The van der Waals surface area contributed by atoms with E-state index in [2.05, 4.69) is 26.1 Å². The highest BCUT2D eigenvalue weighted by molar-refractivity contribution is 5.02. The molecule has 0 saturated carbocycles. The molecule has 0 aliphatic carbocycles. The molecule has 0 amide bonds. The Morgan fingerprint density at radius 1 is 1.30 bits per heavy atom. The van der Waals surface area contributed by atoms with Gasteiger partial charge in [-0.05, 0) is 5.41 Å². The molecular formula is C8H17NO. The van der Waals surface area contributed by atoms with Gasteiger partial charge in [0.1, 0.15) is 0 Å². The van der Waals surface area contributed by atoms with Crippen molar-refractivity contribution in [1.29, 1.82) is 0 Å². The first-order chi connectivity index (χ1) is 4.52. The quantitative estimate of drug-likeness (QED) is 0.591. The monoisotopic (exact) mass is 143 g/mol. The zero-order valence-corrected chi connectivity index (χ0v) is 7.32. The molecule has 1 aliphatic rings. The molecule has 0 aromatic heterocycles. The molecular weight excluding hydrogens is 126 g/mol. The summed E-state index contributed by atoms with van der Waals surface area (Å²) in [5.41, 5.74) is 0.347. The van der Waals surface area contributed by atoms with Crippen LogP contribution in [0.3, 0.4) is 0 Å². The SMILES string of the molecule is COC1(C(C)(C)C)CNC1. The van der Waals surface area contributed by atoms with Crippen LogP contribution in [0, 0.1) is 5.41 Å². The fraction of sp³-hybridized carbons (Fsp3) is 1.00. The van der Waals surface area contributed by atoms with Gasteiger partial charge in [0.15, 0.2) is 0 Å². The van der Waals surface area contributed by atoms with Crippen LogP contribution in [0.1, 0.15) is 20.8 Å². The molecule has 0 radical (unpaired) electrons. The van der Waals surface area contributed by atoms with E-state index in [1.165, 1.54) is 0 Å². The van der Waals surface area contributed by atoms with Crippen LogP contribution < -0.4 is 5.32 Å². The summed E-state index contributed by atoms with van der Waals surface area (Å²) in [6.07, 6.45) is 0. The predicted octanol–water partition coefficient (Wildman–Crippen LogP) is 1.02. The number of nitrogens with one attached hydrogen (secondary N) is 1. The van der Waals surface area contributed by atoms with E-state index in [9.17, 15) is 0 Å². The van der Waals surface area contributed by atoms with E-state index >= 15 is 0 Å². The third-order valence-corrected chi connectivity index (χ3v) is 2.58. The van der Waals surface area contributed by atoms with Gasteiger partial charge in [-0.25, -0.2) is 0 Å². The Kier molecular flexibility index (Phi) is 1.77. The molecule has 0 aromatic carbocycles. The lowest BCUT2D eigenvalue weighted by Crippen LogP contribution is -2.67. The zero-order valence-electron chi connectivity index (χ0n) is 7.32. The second-order valence-electron chi connectivity index (χ2n) is 4.05. The molecule has 10 heavy (non-hydrogen) atoms. The first-order valence-electron chi connectivity index (χ1n) is 3.78. The van der Waals surface area contributed by atoms with Crippen molar-refractivity contribution in [2.24, 2.45) is 5.41 Å². The van der Waals surface area contributed by atoms with E-state index < -0.39 is 0 Å². The van der Waals surface area contributed by atoms with Gasteiger partial charge in [0, 0.05) is 20.2 Å². The van der Waals surface area contributed by atoms with Gasteiger partial charge in [-0.2, -0.15) is 0 Å². The van der Waals surface area contributed by atoms with Gasteiger partial charge in [-0.15, -0.1) is 0 Å². The van der Waals surface area contributed by atoms with Crippen LogP contribution in [-0.2, 0) is 4.74 Å². The Morgan fingerprint density at radius 2 is 1.80 bits per heavy atom. The summed E-state index contributed by atoms with van der Waals surface area (Å²) >= 11 is 0. The molecule has 0 atom stereocenters. The molecule has 1 saturated heterocycles. The second-order valence-corrected chi connectivity index (χ2v) is 4.05. The van der Waals surface area contributed by atoms with Crippen molar-refractivity contribution in [2.45, 2.75) is 26.4 Å². The Bertz CT molecular complexity index is 116. The minimum atomic E-state index is 0.0903. The van der Waals surface area contributed by atoms with E-state index in [1.54, 1.807) is 7.11 Å². The van der Waals surface area contributed by atoms with Crippen LogP contribution in [0.5, 0.6) is 0 Å². The lowest BCUT2D eigenvalue weighted by molar-refractivity contribution is -0.125. The first-order valence-corrected chi connectivity index (χ1v) is 3.78. The van der Waals surface area contributed by atoms with Crippen LogP contribution in [-0.4, -0.2) is 25.8 Å². The third kappa shape index (κ3) is 0.956. The molecule has 2 heteroatoms. The number of hydrogen-bond acceptors (Lipinski definition) is 2. The molecule has 1 aliphatic heterocycles. The van der Waals surface area contributed by atoms with Gasteiger partial charge in [-0.3, -0.25) is 0 Å². The van der Waals surface area contributed by atoms with Crippen LogP contribution in [0.25, 0.3) is 0 Å². The van der Waals surface area contributed by atoms with E-state index in [0.29, 0.717) is 0 Å². The van der Waals surface area contributed by atoms with Crippen molar-refractivity contribution in [3.63, 3.8) is 0 Å². The number of ether oxygens (including phenoxy) is 1. The smallest absolute Gasteiger partial charge is 0.0973 e. The van der Waals surface area contributed by atoms with Crippen LogP contribution in [0.4, 0.5) is 0 Å². The minimum absolute atomic E-state index is 0.0903. The topological polar surface area (TPSA) is 21.3 Å². The largest absolute Gasteiger partial charge is 0.375 e. The van der Waals surface area contributed by atoms with Gasteiger partial charge < -0.3 is 10.1 Å². The predicted molar refractivity (Wildman–Crippen MR) is 42.1 cm³/mol. The summed E-state index contributed by atoms with van der Waals surface area (Å²) in [4.78, 5) is 0. The lowest BCUT2D eigenvalue weighted by atomic mass is 9.72. The highest BCUT2D eigenvalue weighted by atomic mass is 16.5. The van der Waals surface area contributed by atoms with E-state index in [0.717, 1.165) is 13.1 Å². The zero-order chi connectivity index (χ0) is 7.83. The summed E-state index contributed by atoms with van der Waals surface area (Å²) in [5.74, 6) is 0. The number of hydrogen-bond donors (Lipinski definition) is 1. The van der Waals surface area contributed by atoms with Gasteiger partial charge in [-0.1, -0.05) is 20.8 Å². The summed E-state index contributed by atoms with van der Waals surface area (Å²) < 4.78 is 5.48. The molecule has 2 nitrogen and oxygen atoms in total. The van der Waals surface area contributed by atoms with Gasteiger partial charge in [0.2, 0.25) is 0 Å². The Morgan fingerprint density at radius 3 is 1.80 bits per heavy atom. The summed E-state index contributed by atoms with van der Waals surface area (Å²) in [6, 6.07) is 0. The molecule has 0 unspecified atom stereocenters. The average molecular weight is 143 g/mol. The van der Waals surface area contributed by atoms with Gasteiger partial charge in [0.05, 0.1) is 5.60 Å². The summed E-state index contributed by atoms with van der Waals surface area (Å²) in [7, 11) is 1.80. The molecule has 1 fully saturated rings. The van der Waals surface area contributed by atoms with Crippen molar-refractivity contribution in [3.8, 4) is 0 Å². The Balaban J connectivity index is 2.65. The van der Waals surface area contributed by atoms with Gasteiger partial charge >= 0.3 is 0 Å². The summed E-state index contributed by atoms with van der Waals surface area (Å²) in [5, 5.41) is 3.23. The highest BCUT2D eigenvalue weighted by Gasteiger charge is 2.47. The first kappa shape index (κ1) is 8.02. The third-order valence-electron chi connectivity index (χ3n) is 2.58. The Hall–Kier alpha value is -0.0800. The maximum Gasteiger partial charge on any atom is 0.0973 e. The molecule has 0 spiro atoms. The molecule has 1 heterocycles. The normalized spacial score (nSPS) is 24.0. The summed E-state index contributed by atoms with van der Waals surface area (Å²) in [6.45, 7) is 8.64. The second kappa shape index (κ2) is 2.21. The van der Waals surface area contributed by atoms with E-state index in [-0.39, 0.29) is 11.0 Å². The van der Waals surface area contributed by atoms with Crippen molar-refractivity contribution in [1.82, 2.24) is 5.32 Å². The fourth-order valence-corrected chi connectivity index (χ4v) is 1.33. The van der Waals surface area contributed by atoms with Crippen LogP contribution >= 0.6 is 0 Å². The minimum Gasteiger partial charge on any atom is -0.375 e. The molecule has 1 rings (SSSR count). The molecule has 0 aromatic rings.